The van der Waals surface area contributed by atoms with Crippen LogP contribution in [0.3, 0.4) is 0 Å². The van der Waals surface area contributed by atoms with Gasteiger partial charge in [0.25, 0.3) is 0 Å². The lowest BCUT2D eigenvalue weighted by molar-refractivity contribution is 0.711. The van der Waals surface area contributed by atoms with Crippen LogP contribution in [0.15, 0.2) is 49.3 Å². The van der Waals surface area contributed by atoms with E-state index < -0.39 is 0 Å². The van der Waals surface area contributed by atoms with Gasteiger partial charge in [-0.15, -0.1) is 11.3 Å². The SMILES string of the molecule is C=C/C=C\c1cccnc1Cn1ccc2sc3c(c21)CCNCC3. The molecule has 0 atom stereocenters. The Morgan fingerprint density at radius 3 is 3.12 bits per heavy atom. The topological polar surface area (TPSA) is 29.9 Å². The molecule has 1 aliphatic rings. The summed E-state index contributed by atoms with van der Waals surface area (Å²) in [5.74, 6) is 0. The van der Waals surface area contributed by atoms with Crippen molar-refractivity contribution in [2.75, 3.05) is 13.1 Å². The maximum Gasteiger partial charge on any atom is 0.0673 e. The average molecular weight is 335 g/mol. The van der Waals surface area contributed by atoms with Crippen LogP contribution in [0, 0.1) is 0 Å². The van der Waals surface area contributed by atoms with E-state index in [2.05, 4.69) is 45.9 Å². The molecule has 0 amide bonds. The second-order valence-electron chi connectivity index (χ2n) is 6.04. The Labute approximate surface area is 146 Å². The zero-order valence-corrected chi connectivity index (χ0v) is 14.5. The Kier molecular flexibility index (Phi) is 4.32. The first-order chi connectivity index (χ1) is 11.9. The molecule has 4 rings (SSSR count). The van der Waals surface area contributed by atoms with Crippen LogP contribution in [-0.2, 0) is 19.4 Å². The first kappa shape index (κ1) is 15.4. The van der Waals surface area contributed by atoms with Crippen LogP contribution in [0.25, 0.3) is 16.3 Å². The quantitative estimate of drug-likeness (QED) is 0.730. The molecule has 4 heteroatoms. The van der Waals surface area contributed by atoms with Gasteiger partial charge in [-0.3, -0.25) is 4.98 Å². The van der Waals surface area contributed by atoms with Crippen LogP contribution in [0.4, 0.5) is 0 Å². The fraction of sp³-hybridized carbons (Fsp3) is 0.250. The van der Waals surface area contributed by atoms with Gasteiger partial charge < -0.3 is 9.88 Å². The van der Waals surface area contributed by atoms with Crippen LogP contribution < -0.4 is 5.32 Å². The predicted octanol–water partition coefficient (Wildman–Crippen LogP) is 4.03. The number of hydrogen-bond acceptors (Lipinski definition) is 3. The molecule has 1 aliphatic heterocycles. The third-order valence-corrected chi connectivity index (χ3v) is 5.77. The number of nitrogens with one attached hydrogen (secondary N) is 1. The highest BCUT2D eigenvalue weighted by molar-refractivity contribution is 7.19. The molecule has 4 heterocycles. The second-order valence-corrected chi connectivity index (χ2v) is 7.18. The Bertz CT molecular complexity index is 901. The number of pyridine rings is 1. The van der Waals surface area contributed by atoms with Gasteiger partial charge in [-0.2, -0.15) is 0 Å². The van der Waals surface area contributed by atoms with E-state index in [0.29, 0.717) is 0 Å². The van der Waals surface area contributed by atoms with Crippen molar-refractivity contribution in [3.8, 4) is 0 Å². The molecular formula is C20H21N3S. The minimum atomic E-state index is 0.803. The molecule has 0 aromatic carbocycles. The number of allylic oxidation sites excluding steroid dienone is 2. The molecule has 0 radical (unpaired) electrons. The summed E-state index contributed by atoms with van der Waals surface area (Å²) in [7, 11) is 0. The Hall–Kier alpha value is -2.17. The molecule has 1 N–H and O–H groups in total. The fourth-order valence-corrected chi connectivity index (χ4v) is 4.64. The van der Waals surface area contributed by atoms with Crippen molar-refractivity contribution in [2.45, 2.75) is 19.4 Å². The largest absolute Gasteiger partial charge is 0.341 e. The van der Waals surface area contributed by atoms with Gasteiger partial charge in [0.1, 0.15) is 0 Å². The summed E-state index contributed by atoms with van der Waals surface area (Å²) in [4.78, 5) is 6.16. The van der Waals surface area contributed by atoms with Gasteiger partial charge >= 0.3 is 0 Å². The minimum absolute atomic E-state index is 0.803. The maximum absolute atomic E-state index is 4.61. The summed E-state index contributed by atoms with van der Waals surface area (Å²) >= 11 is 1.95. The smallest absolute Gasteiger partial charge is 0.0673 e. The molecule has 0 unspecified atom stereocenters. The predicted molar refractivity (Wildman–Crippen MR) is 103 cm³/mol. The Morgan fingerprint density at radius 1 is 1.29 bits per heavy atom. The third kappa shape index (κ3) is 2.83. The number of fused-ring (bicyclic) bond motifs is 3. The summed E-state index contributed by atoms with van der Waals surface area (Å²) < 4.78 is 3.77. The van der Waals surface area contributed by atoms with Crippen molar-refractivity contribution in [1.29, 1.82) is 0 Å². The summed E-state index contributed by atoms with van der Waals surface area (Å²) in [5.41, 5.74) is 5.19. The highest BCUT2D eigenvalue weighted by Crippen LogP contribution is 2.34. The van der Waals surface area contributed by atoms with Crippen molar-refractivity contribution >= 4 is 27.6 Å². The van der Waals surface area contributed by atoms with E-state index in [0.717, 1.165) is 43.7 Å². The molecule has 24 heavy (non-hydrogen) atoms. The number of rotatable bonds is 4. The summed E-state index contributed by atoms with van der Waals surface area (Å²) in [5, 5.41) is 3.51. The van der Waals surface area contributed by atoms with Gasteiger partial charge in [0.05, 0.1) is 22.5 Å². The van der Waals surface area contributed by atoms with Crippen LogP contribution >= 0.6 is 11.3 Å². The van der Waals surface area contributed by atoms with Crippen molar-refractivity contribution < 1.29 is 0 Å². The van der Waals surface area contributed by atoms with Crippen LogP contribution in [0.5, 0.6) is 0 Å². The Morgan fingerprint density at radius 2 is 2.21 bits per heavy atom. The van der Waals surface area contributed by atoms with E-state index >= 15 is 0 Å². The van der Waals surface area contributed by atoms with Gasteiger partial charge in [-0.25, -0.2) is 0 Å². The van der Waals surface area contributed by atoms with Gasteiger partial charge in [0, 0.05) is 17.3 Å². The van der Waals surface area contributed by atoms with E-state index in [1.165, 1.54) is 15.8 Å². The maximum atomic E-state index is 4.61. The van der Waals surface area contributed by atoms with E-state index in [9.17, 15) is 0 Å². The number of aromatic nitrogens is 2. The van der Waals surface area contributed by atoms with E-state index in [1.54, 1.807) is 11.0 Å². The molecule has 0 fully saturated rings. The third-order valence-electron chi connectivity index (χ3n) is 4.52. The van der Waals surface area contributed by atoms with Gasteiger partial charge in [0.15, 0.2) is 0 Å². The standard InChI is InChI=1S/C20H21N3S/c1-2-3-5-15-6-4-10-22-17(15)14-23-13-9-19-20(23)16-7-11-21-12-8-18(16)24-19/h2-6,9-10,13,21H,1,7-8,11-12,14H2/b5-3-. The van der Waals surface area contributed by atoms with Gasteiger partial charge in [-0.05, 0) is 49.2 Å². The van der Waals surface area contributed by atoms with E-state index in [4.69, 9.17) is 0 Å². The number of thiophene rings is 1. The highest BCUT2D eigenvalue weighted by Gasteiger charge is 2.18. The van der Waals surface area contributed by atoms with Crippen LogP contribution in [0.1, 0.15) is 21.7 Å². The van der Waals surface area contributed by atoms with Crippen LogP contribution in [-0.4, -0.2) is 22.6 Å². The minimum Gasteiger partial charge on any atom is -0.341 e. The van der Waals surface area contributed by atoms with E-state index in [-0.39, 0.29) is 0 Å². The Balaban J connectivity index is 1.74. The molecule has 3 aromatic heterocycles. The lowest BCUT2D eigenvalue weighted by atomic mass is 10.1. The highest BCUT2D eigenvalue weighted by atomic mass is 32.1. The van der Waals surface area contributed by atoms with Crippen molar-refractivity contribution in [2.24, 2.45) is 0 Å². The summed E-state index contributed by atoms with van der Waals surface area (Å²) in [6.45, 7) is 6.72. The lowest BCUT2D eigenvalue weighted by Gasteiger charge is -2.09. The molecule has 0 bridgehead atoms. The molecule has 0 saturated heterocycles. The fourth-order valence-electron chi connectivity index (χ4n) is 3.38. The van der Waals surface area contributed by atoms with Gasteiger partial charge in [-0.1, -0.05) is 30.9 Å². The first-order valence-electron chi connectivity index (χ1n) is 8.40. The van der Waals surface area contributed by atoms with Crippen molar-refractivity contribution in [3.05, 3.63) is 71.0 Å². The zero-order chi connectivity index (χ0) is 16.4. The normalized spacial score (nSPS) is 14.8. The van der Waals surface area contributed by atoms with Crippen LogP contribution in [0.2, 0.25) is 0 Å². The number of nitrogens with zero attached hydrogens (tertiary/aromatic N) is 2. The number of hydrogen-bond donors (Lipinski definition) is 1. The molecule has 0 aliphatic carbocycles. The molecular weight excluding hydrogens is 314 g/mol. The van der Waals surface area contributed by atoms with Crippen molar-refractivity contribution in [3.63, 3.8) is 0 Å². The van der Waals surface area contributed by atoms with Crippen molar-refractivity contribution in [1.82, 2.24) is 14.9 Å². The molecule has 3 aromatic rings. The molecule has 3 nitrogen and oxygen atoms in total. The molecule has 0 saturated carbocycles. The second kappa shape index (κ2) is 6.75. The molecule has 122 valence electrons. The lowest BCUT2D eigenvalue weighted by Crippen LogP contribution is -2.16. The first-order valence-corrected chi connectivity index (χ1v) is 9.21. The molecule has 0 spiro atoms. The summed E-state index contributed by atoms with van der Waals surface area (Å²) in [6.07, 6.45) is 12.2. The average Bonchev–Trinajstić information content (AvgIpc) is 3.06. The monoisotopic (exact) mass is 335 g/mol. The van der Waals surface area contributed by atoms with E-state index in [1.807, 2.05) is 29.7 Å². The zero-order valence-electron chi connectivity index (χ0n) is 13.7. The summed E-state index contributed by atoms with van der Waals surface area (Å²) in [6, 6.07) is 6.35. The van der Waals surface area contributed by atoms with Gasteiger partial charge in [0.2, 0.25) is 0 Å².